The van der Waals surface area contributed by atoms with Crippen LogP contribution in [0.2, 0.25) is 0 Å². The average Bonchev–Trinajstić information content (AvgIpc) is 3.12. The molecule has 5 nitrogen and oxygen atoms in total. The molecule has 2 heterocycles. The Morgan fingerprint density at radius 2 is 1.82 bits per heavy atom. The summed E-state index contributed by atoms with van der Waals surface area (Å²) in [6.07, 6.45) is -1.20. The van der Waals surface area contributed by atoms with E-state index in [0.717, 1.165) is 11.3 Å². The molecular weight excluding hydrogens is 300 g/mol. The topological polar surface area (TPSA) is 76.8 Å². The number of hydrogen-bond donors (Lipinski definition) is 3. The predicted octanol–water partition coefficient (Wildman–Crippen LogP) is 0.653. The largest absolute Gasteiger partial charge is 0.395 e. The number of aliphatic hydroxyl groups excluding tert-OH is 3. The molecule has 0 spiro atoms. The molecule has 118 valence electrons. The molecule has 3 N–H and O–H groups in total. The smallest absolute Gasteiger partial charge is 0.0991 e. The molecule has 1 aromatic carbocycles. The first-order valence-electron chi connectivity index (χ1n) is 7.34. The van der Waals surface area contributed by atoms with Gasteiger partial charge in [-0.25, -0.2) is 4.98 Å². The van der Waals surface area contributed by atoms with E-state index in [1.165, 1.54) is 11.3 Å². The Morgan fingerprint density at radius 1 is 1.09 bits per heavy atom. The highest BCUT2D eigenvalue weighted by Gasteiger charge is 2.47. The van der Waals surface area contributed by atoms with E-state index in [-0.39, 0.29) is 12.6 Å². The summed E-state index contributed by atoms with van der Waals surface area (Å²) in [4.78, 5) is 6.24. The predicted molar refractivity (Wildman–Crippen MR) is 84.5 cm³/mol. The van der Waals surface area contributed by atoms with Crippen LogP contribution in [0.5, 0.6) is 0 Å². The number of hydrogen-bond acceptors (Lipinski definition) is 6. The van der Waals surface area contributed by atoms with Gasteiger partial charge in [0.15, 0.2) is 0 Å². The third-order valence-corrected chi connectivity index (χ3v) is 4.93. The van der Waals surface area contributed by atoms with Gasteiger partial charge >= 0.3 is 0 Å². The van der Waals surface area contributed by atoms with Gasteiger partial charge in [0, 0.05) is 18.0 Å². The highest BCUT2D eigenvalue weighted by Crippen LogP contribution is 2.29. The van der Waals surface area contributed by atoms with Gasteiger partial charge in [-0.15, -0.1) is 11.3 Å². The van der Waals surface area contributed by atoms with Crippen LogP contribution in [0.1, 0.15) is 11.3 Å². The lowest BCUT2D eigenvalue weighted by molar-refractivity contribution is 0.0178. The first kappa shape index (κ1) is 15.6. The summed E-state index contributed by atoms with van der Waals surface area (Å²) >= 11 is 1.51. The summed E-state index contributed by atoms with van der Waals surface area (Å²) in [6, 6.07) is 9.18. The first-order chi connectivity index (χ1) is 10.7. The van der Waals surface area contributed by atoms with Crippen molar-refractivity contribution in [2.75, 3.05) is 6.61 Å². The van der Waals surface area contributed by atoms with Crippen LogP contribution in [0.4, 0.5) is 0 Å². The van der Waals surface area contributed by atoms with Crippen LogP contribution in [0, 0.1) is 0 Å². The van der Waals surface area contributed by atoms with E-state index in [1.54, 1.807) is 5.51 Å². The summed E-state index contributed by atoms with van der Waals surface area (Å²) in [5.41, 5.74) is 3.75. The van der Waals surface area contributed by atoms with Crippen LogP contribution in [0.15, 0.2) is 41.2 Å². The molecule has 6 heteroatoms. The van der Waals surface area contributed by atoms with Gasteiger partial charge in [0.1, 0.15) is 0 Å². The number of benzene rings is 1. The zero-order valence-corrected chi connectivity index (χ0v) is 12.9. The molecule has 22 heavy (non-hydrogen) atoms. The minimum Gasteiger partial charge on any atom is -0.395 e. The number of likely N-dealkylation sites (tertiary alicyclic amines) is 1. The minimum atomic E-state index is -0.947. The maximum Gasteiger partial charge on any atom is 0.0991 e. The Hall–Kier alpha value is -1.31. The molecule has 0 radical (unpaired) electrons. The number of nitrogens with zero attached hydrogens (tertiary/aromatic N) is 2. The number of rotatable bonds is 5. The molecule has 1 saturated heterocycles. The molecule has 0 saturated carbocycles. The minimum absolute atomic E-state index is 0.187. The van der Waals surface area contributed by atoms with Gasteiger partial charge in [-0.05, 0) is 12.0 Å². The molecule has 0 aliphatic carbocycles. The van der Waals surface area contributed by atoms with Crippen LogP contribution >= 0.6 is 11.3 Å². The van der Waals surface area contributed by atoms with Crippen molar-refractivity contribution in [1.29, 1.82) is 0 Å². The molecule has 0 unspecified atom stereocenters. The Balaban J connectivity index is 1.83. The van der Waals surface area contributed by atoms with Gasteiger partial charge in [0.2, 0.25) is 0 Å². The molecular formula is C16H20N2O3S. The molecule has 1 fully saturated rings. The molecule has 1 aliphatic heterocycles. The lowest BCUT2D eigenvalue weighted by atomic mass is 10.0. The number of aromatic nitrogens is 1. The van der Waals surface area contributed by atoms with Crippen molar-refractivity contribution in [1.82, 2.24) is 9.88 Å². The van der Waals surface area contributed by atoms with Crippen molar-refractivity contribution in [2.45, 2.75) is 37.3 Å². The van der Waals surface area contributed by atoms with Gasteiger partial charge in [-0.1, -0.05) is 30.3 Å². The van der Waals surface area contributed by atoms with Crippen molar-refractivity contribution in [3.63, 3.8) is 0 Å². The molecule has 1 aliphatic rings. The van der Waals surface area contributed by atoms with Gasteiger partial charge in [0.25, 0.3) is 0 Å². The Morgan fingerprint density at radius 3 is 2.45 bits per heavy atom. The van der Waals surface area contributed by atoms with Crippen LogP contribution in [0.3, 0.4) is 0 Å². The summed E-state index contributed by atoms with van der Waals surface area (Å²) in [6.45, 7) is 0.327. The normalized spacial score (nSPS) is 29.0. The molecule has 1 aromatic heterocycles. The summed E-state index contributed by atoms with van der Waals surface area (Å²) in [5.74, 6) is 0. The standard InChI is InChI=1S/C16H20N2O3S/c19-8-14-16(21)15(20)13(6-11-4-2-1-3-5-11)18(14)7-12-9-22-10-17-12/h1-5,9-10,13-16,19-21H,6-8H2/t13-,14+,15-,16+/m0/s1. The van der Waals surface area contributed by atoms with Gasteiger partial charge < -0.3 is 15.3 Å². The summed E-state index contributed by atoms with van der Waals surface area (Å²) < 4.78 is 0. The molecule has 3 rings (SSSR count). The third-order valence-electron chi connectivity index (χ3n) is 4.29. The van der Waals surface area contributed by atoms with Crippen LogP contribution in [0.25, 0.3) is 0 Å². The Bertz CT molecular complexity index is 578. The second-order valence-electron chi connectivity index (χ2n) is 5.64. The highest BCUT2D eigenvalue weighted by atomic mass is 32.1. The lowest BCUT2D eigenvalue weighted by Gasteiger charge is -2.29. The van der Waals surface area contributed by atoms with E-state index in [2.05, 4.69) is 4.98 Å². The summed E-state index contributed by atoms with van der Waals surface area (Å²) in [7, 11) is 0. The Labute approximate surface area is 133 Å². The SMILES string of the molecule is OC[C@@H]1[C@@H](O)[C@@H](O)[C@H](Cc2ccccc2)N1Cc1cscn1. The van der Waals surface area contributed by atoms with Crippen LogP contribution < -0.4 is 0 Å². The quantitative estimate of drug-likeness (QED) is 0.754. The third kappa shape index (κ3) is 3.06. The van der Waals surface area contributed by atoms with E-state index < -0.39 is 18.2 Å². The van der Waals surface area contributed by atoms with Gasteiger partial charge in [0.05, 0.1) is 36.1 Å². The second kappa shape index (κ2) is 6.85. The van der Waals surface area contributed by atoms with E-state index in [1.807, 2.05) is 40.6 Å². The van der Waals surface area contributed by atoms with Crippen molar-refractivity contribution in [2.24, 2.45) is 0 Å². The Kier molecular flexibility index (Phi) is 4.85. The number of thiazole rings is 1. The fourth-order valence-corrected chi connectivity index (χ4v) is 3.69. The van der Waals surface area contributed by atoms with Gasteiger partial charge in [-0.3, -0.25) is 4.90 Å². The summed E-state index contributed by atoms with van der Waals surface area (Å²) in [5, 5.41) is 32.2. The maximum atomic E-state index is 10.4. The zero-order chi connectivity index (χ0) is 15.5. The van der Waals surface area contributed by atoms with Crippen LogP contribution in [-0.4, -0.2) is 56.1 Å². The van der Waals surface area contributed by atoms with Crippen molar-refractivity contribution < 1.29 is 15.3 Å². The number of aliphatic hydroxyl groups is 3. The fraction of sp³-hybridized carbons (Fsp3) is 0.438. The van der Waals surface area contributed by atoms with E-state index in [9.17, 15) is 15.3 Å². The molecule has 4 atom stereocenters. The first-order valence-corrected chi connectivity index (χ1v) is 8.28. The molecule has 0 bridgehead atoms. The molecule has 0 amide bonds. The average molecular weight is 320 g/mol. The molecule has 2 aromatic rings. The van der Waals surface area contributed by atoms with E-state index in [4.69, 9.17) is 0 Å². The van der Waals surface area contributed by atoms with Gasteiger partial charge in [-0.2, -0.15) is 0 Å². The van der Waals surface area contributed by atoms with Crippen molar-refractivity contribution in [3.05, 3.63) is 52.5 Å². The van der Waals surface area contributed by atoms with Crippen molar-refractivity contribution >= 4 is 11.3 Å². The monoisotopic (exact) mass is 320 g/mol. The van der Waals surface area contributed by atoms with E-state index in [0.29, 0.717) is 13.0 Å². The van der Waals surface area contributed by atoms with E-state index >= 15 is 0 Å². The second-order valence-corrected chi connectivity index (χ2v) is 6.36. The maximum absolute atomic E-state index is 10.4. The zero-order valence-electron chi connectivity index (χ0n) is 12.1. The van der Waals surface area contributed by atoms with Crippen LogP contribution in [-0.2, 0) is 13.0 Å². The highest BCUT2D eigenvalue weighted by molar-refractivity contribution is 7.07. The lowest BCUT2D eigenvalue weighted by Crippen LogP contribution is -2.41. The van der Waals surface area contributed by atoms with Crippen molar-refractivity contribution in [3.8, 4) is 0 Å². The fourth-order valence-electron chi connectivity index (χ4n) is 3.14.